The molecule has 9 heavy (non-hydrogen) atoms. The molecule has 0 saturated carbocycles. The van der Waals surface area contributed by atoms with Crippen LogP contribution in [0, 0.1) is 0 Å². The van der Waals surface area contributed by atoms with E-state index in [2.05, 4.69) is 20.3 Å². The van der Waals surface area contributed by atoms with Crippen LogP contribution in [0.3, 0.4) is 0 Å². The van der Waals surface area contributed by atoms with Crippen molar-refractivity contribution in [1.29, 1.82) is 0 Å². The van der Waals surface area contributed by atoms with Crippen molar-refractivity contribution in [1.82, 2.24) is 9.97 Å². The van der Waals surface area contributed by atoms with Gasteiger partial charge in [-0.15, -0.1) is 5.11 Å². The topological polar surface area (TPSA) is 76.5 Å². The maximum atomic E-state index is 4.76. The molecule has 0 saturated heterocycles. The lowest BCUT2D eigenvalue weighted by Crippen LogP contribution is -1.76. The van der Waals surface area contributed by atoms with Gasteiger partial charge >= 0.3 is 0 Å². The molecular formula is C4H5N5. The van der Waals surface area contributed by atoms with Gasteiger partial charge in [0.25, 0.3) is 0 Å². The second-order valence-electron chi connectivity index (χ2n) is 1.31. The van der Waals surface area contributed by atoms with Crippen LogP contribution in [0.25, 0.3) is 0 Å². The van der Waals surface area contributed by atoms with E-state index in [-0.39, 0.29) is 0 Å². The average Bonchev–Trinajstić information content (AvgIpc) is 1.91. The zero-order valence-electron chi connectivity index (χ0n) is 4.60. The van der Waals surface area contributed by atoms with E-state index >= 15 is 0 Å². The first kappa shape index (κ1) is 5.61. The summed E-state index contributed by atoms with van der Waals surface area (Å²) in [7, 11) is 0. The van der Waals surface area contributed by atoms with Crippen LogP contribution < -0.4 is 5.84 Å². The Morgan fingerprint density at radius 2 is 2.00 bits per heavy atom. The molecule has 1 rings (SSSR count). The van der Waals surface area contributed by atoms with Gasteiger partial charge in [-0.05, 0) is 0 Å². The number of aromatic nitrogens is 2. The van der Waals surface area contributed by atoms with Crippen molar-refractivity contribution in [2.75, 3.05) is 0 Å². The van der Waals surface area contributed by atoms with E-state index in [4.69, 9.17) is 5.84 Å². The SMILES string of the molecule is NN=Nc1cncnc1. The third-order valence-corrected chi connectivity index (χ3v) is 0.720. The largest absolute Gasteiger partial charge is 0.305 e. The van der Waals surface area contributed by atoms with Crippen molar-refractivity contribution in [3.8, 4) is 0 Å². The summed E-state index contributed by atoms with van der Waals surface area (Å²) in [6.07, 6.45) is 4.45. The Hall–Kier alpha value is -1.52. The van der Waals surface area contributed by atoms with E-state index in [1.54, 1.807) is 0 Å². The molecule has 1 aromatic rings. The van der Waals surface area contributed by atoms with Gasteiger partial charge in [0.05, 0.1) is 12.4 Å². The van der Waals surface area contributed by atoms with Gasteiger partial charge in [-0.1, -0.05) is 5.22 Å². The van der Waals surface area contributed by atoms with Crippen molar-refractivity contribution in [2.24, 2.45) is 16.2 Å². The van der Waals surface area contributed by atoms with E-state index in [1.807, 2.05) is 0 Å². The summed E-state index contributed by atoms with van der Waals surface area (Å²) in [5.41, 5.74) is 0.556. The van der Waals surface area contributed by atoms with E-state index in [1.165, 1.54) is 18.7 Å². The van der Waals surface area contributed by atoms with E-state index in [0.717, 1.165) is 0 Å². The molecule has 0 fully saturated rings. The molecule has 1 heterocycles. The fourth-order valence-corrected chi connectivity index (χ4v) is 0.410. The first-order valence-electron chi connectivity index (χ1n) is 2.29. The molecule has 0 aliphatic heterocycles. The Morgan fingerprint density at radius 3 is 2.56 bits per heavy atom. The summed E-state index contributed by atoms with van der Waals surface area (Å²) in [5, 5.41) is 6.54. The molecule has 0 aliphatic rings. The molecule has 0 bridgehead atoms. The molecule has 0 radical (unpaired) electrons. The van der Waals surface area contributed by atoms with E-state index < -0.39 is 0 Å². The molecule has 5 heteroatoms. The van der Waals surface area contributed by atoms with Crippen molar-refractivity contribution in [3.63, 3.8) is 0 Å². The van der Waals surface area contributed by atoms with Gasteiger partial charge < -0.3 is 5.84 Å². The van der Waals surface area contributed by atoms with Crippen LogP contribution in [0.1, 0.15) is 0 Å². The second-order valence-corrected chi connectivity index (χ2v) is 1.31. The maximum Gasteiger partial charge on any atom is 0.124 e. The van der Waals surface area contributed by atoms with Crippen molar-refractivity contribution < 1.29 is 0 Å². The summed E-state index contributed by atoms with van der Waals surface area (Å²) >= 11 is 0. The predicted molar refractivity (Wildman–Crippen MR) is 30.7 cm³/mol. The monoisotopic (exact) mass is 123 g/mol. The van der Waals surface area contributed by atoms with Gasteiger partial charge in [0, 0.05) is 0 Å². The van der Waals surface area contributed by atoms with Gasteiger partial charge in [0.2, 0.25) is 0 Å². The Balaban J connectivity index is 2.85. The van der Waals surface area contributed by atoms with Crippen LogP contribution >= 0.6 is 0 Å². The molecule has 0 aliphatic carbocycles. The Morgan fingerprint density at radius 1 is 1.33 bits per heavy atom. The highest BCUT2D eigenvalue weighted by Gasteiger charge is 1.83. The van der Waals surface area contributed by atoms with Crippen LogP contribution in [-0.4, -0.2) is 9.97 Å². The normalized spacial score (nSPS) is 10.2. The summed E-state index contributed by atoms with van der Waals surface area (Å²) < 4.78 is 0. The van der Waals surface area contributed by atoms with Crippen LogP contribution in [0.4, 0.5) is 5.69 Å². The van der Waals surface area contributed by atoms with Gasteiger partial charge in [-0.2, -0.15) is 0 Å². The predicted octanol–water partition coefficient (Wildman–Crippen LogP) is 0.434. The van der Waals surface area contributed by atoms with Gasteiger partial charge in [-0.25, -0.2) is 9.97 Å². The van der Waals surface area contributed by atoms with Gasteiger partial charge in [0.15, 0.2) is 0 Å². The Bertz CT molecular complexity index is 193. The number of nitrogens with zero attached hydrogens (tertiary/aromatic N) is 4. The lowest BCUT2D eigenvalue weighted by Gasteiger charge is -1.83. The molecule has 0 aromatic carbocycles. The molecule has 0 amide bonds. The quantitative estimate of drug-likeness (QED) is 0.334. The first-order valence-corrected chi connectivity index (χ1v) is 2.29. The van der Waals surface area contributed by atoms with Crippen LogP contribution in [-0.2, 0) is 0 Å². The third-order valence-electron chi connectivity index (χ3n) is 0.720. The molecule has 0 unspecified atom stereocenters. The molecule has 0 atom stereocenters. The zero-order chi connectivity index (χ0) is 6.53. The number of hydrogen-bond acceptors (Lipinski definition) is 4. The molecule has 2 N–H and O–H groups in total. The number of rotatable bonds is 1. The van der Waals surface area contributed by atoms with E-state index in [0.29, 0.717) is 5.69 Å². The molecule has 5 nitrogen and oxygen atoms in total. The number of hydrogen-bond donors (Lipinski definition) is 1. The lowest BCUT2D eigenvalue weighted by molar-refractivity contribution is 1.04. The minimum absolute atomic E-state index is 0.556. The summed E-state index contributed by atoms with van der Waals surface area (Å²) in [5.74, 6) is 4.76. The third kappa shape index (κ3) is 1.45. The van der Waals surface area contributed by atoms with Gasteiger partial charge in [-0.3, -0.25) is 0 Å². The summed E-state index contributed by atoms with van der Waals surface area (Å²) in [6, 6.07) is 0. The Labute approximate surface area is 51.6 Å². The van der Waals surface area contributed by atoms with Gasteiger partial charge in [0.1, 0.15) is 12.0 Å². The highest BCUT2D eigenvalue weighted by atomic mass is 15.3. The van der Waals surface area contributed by atoms with Crippen molar-refractivity contribution in [3.05, 3.63) is 18.7 Å². The molecule has 1 aromatic heterocycles. The molecular weight excluding hydrogens is 118 g/mol. The maximum absolute atomic E-state index is 4.76. The fourth-order valence-electron chi connectivity index (χ4n) is 0.410. The van der Waals surface area contributed by atoms with Crippen LogP contribution in [0.5, 0.6) is 0 Å². The standard InChI is InChI=1S/C4H5N5/c5-9-8-4-1-6-3-7-2-4/h1-3H,(H2,5,8). The summed E-state index contributed by atoms with van der Waals surface area (Å²) in [6.45, 7) is 0. The highest BCUT2D eigenvalue weighted by Crippen LogP contribution is 2.03. The summed E-state index contributed by atoms with van der Waals surface area (Å²) in [4.78, 5) is 7.37. The first-order chi connectivity index (χ1) is 4.43. The Kier molecular flexibility index (Phi) is 1.69. The minimum atomic E-state index is 0.556. The van der Waals surface area contributed by atoms with Crippen molar-refractivity contribution >= 4 is 5.69 Å². The molecule has 46 valence electrons. The lowest BCUT2D eigenvalue weighted by atomic mass is 10.6. The second kappa shape index (κ2) is 2.71. The number of nitrogens with two attached hydrogens (primary N) is 1. The van der Waals surface area contributed by atoms with E-state index in [9.17, 15) is 0 Å². The molecule has 0 spiro atoms. The van der Waals surface area contributed by atoms with Crippen molar-refractivity contribution in [2.45, 2.75) is 0 Å². The van der Waals surface area contributed by atoms with Crippen LogP contribution in [0.2, 0.25) is 0 Å². The zero-order valence-corrected chi connectivity index (χ0v) is 4.60. The van der Waals surface area contributed by atoms with Crippen LogP contribution in [0.15, 0.2) is 29.1 Å². The smallest absolute Gasteiger partial charge is 0.124 e. The highest BCUT2D eigenvalue weighted by molar-refractivity contribution is 5.27. The minimum Gasteiger partial charge on any atom is -0.305 e. The average molecular weight is 123 g/mol. The fraction of sp³-hybridized carbons (Fsp3) is 0.